The van der Waals surface area contributed by atoms with Gasteiger partial charge in [-0.3, -0.25) is 4.79 Å². The third-order valence-electron chi connectivity index (χ3n) is 4.73. The first-order valence-electron chi connectivity index (χ1n) is 9.29. The Morgan fingerprint density at radius 3 is 2.68 bits per heavy atom. The summed E-state index contributed by atoms with van der Waals surface area (Å²) in [5.74, 6) is -0.267. The van der Waals surface area contributed by atoms with Crippen molar-refractivity contribution in [3.8, 4) is 5.69 Å². The number of halogens is 1. The molecule has 0 atom stereocenters. The van der Waals surface area contributed by atoms with Crippen molar-refractivity contribution in [1.82, 2.24) is 14.3 Å². The van der Waals surface area contributed by atoms with Crippen molar-refractivity contribution in [2.75, 3.05) is 5.32 Å². The SMILES string of the molecule is CCCn1ccc2cc(NC(=O)c3c(C)nn(-c4ccccc4)c3Cl)ccc21. The van der Waals surface area contributed by atoms with Crippen molar-refractivity contribution >= 4 is 34.1 Å². The minimum atomic E-state index is -0.267. The molecule has 142 valence electrons. The Kier molecular flexibility index (Phi) is 4.92. The van der Waals surface area contributed by atoms with Gasteiger partial charge in [0.05, 0.1) is 11.4 Å². The minimum absolute atomic E-state index is 0.267. The molecule has 0 radical (unpaired) electrons. The van der Waals surface area contributed by atoms with Crippen molar-refractivity contribution in [2.24, 2.45) is 0 Å². The average Bonchev–Trinajstić information content (AvgIpc) is 3.23. The lowest BCUT2D eigenvalue weighted by Gasteiger charge is -2.07. The number of nitrogens with zero attached hydrogens (tertiary/aromatic N) is 3. The van der Waals surface area contributed by atoms with Crippen molar-refractivity contribution in [3.05, 3.63) is 77.2 Å². The molecule has 0 saturated carbocycles. The van der Waals surface area contributed by atoms with E-state index >= 15 is 0 Å². The van der Waals surface area contributed by atoms with Gasteiger partial charge in [-0.15, -0.1) is 0 Å². The van der Waals surface area contributed by atoms with Crippen molar-refractivity contribution < 1.29 is 4.79 Å². The van der Waals surface area contributed by atoms with E-state index in [-0.39, 0.29) is 5.91 Å². The fraction of sp³-hybridized carbons (Fsp3) is 0.182. The molecule has 0 aliphatic carbocycles. The molecule has 0 aliphatic heterocycles. The van der Waals surface area contributed by atoms with Crippen LogP contribution in [0, 0.1) is 6.92 Å². The maximum absolute atomic E-state index is 12.9. The van der Waals surface area contributed by atoms with Crippen molar-refractivity contribution in [1.29, 1.82) is 0 Å². The predicted molar refractivity (Wildman–Crippen MR) is 113 cm³/mol. The number of para-hydroxylation sites is 1. The molecule has 4 aromatic rings. The second kappa shape index (κ2) is 7.52. The Balaban J connectivity index is 1.62. The largest absolute Gasteiger partial charge is 0.347 e. The van der Waals surface area contributed by atoms with Crippen molar-refractivity contribution in [2.45, 2.75) is 26.8 Å². The smallest absolute Gasteiger partial charge is 0.260 e. The lowest BCUT2D eigenvalue weighted by atomic mass is 10.2. The van der Waals surface area contributed by atoms with Crippen LogP contribution in [0.15, 0.2) is 60.8 Å². The summed E-state index contributed by atoms with van der Waals surface area (Å²) in [6.07, 6.45) is 3.15. The van der Waals surface area contributed by atoms with Crippen LogP contribution in [0.3, 0.4) is 0 Å². The predicted octanol–water partition coefficient (Wildman–Crippen LogP) is 5.45. The second-order valence-electron chi connectivity index (χ2n) is 6.74. The van der Waals surface area contributed by atoms with E-state index in [4.69, 9.17) is 11.6 Å². The normalized spacial score (nSPS) is 11.1. The number of aryl methyl sites for hydroxylation is 2. The van der Waals surface area contributed by atoms with Crippen LogP contribution in [0.4, 0.5) is 5.69 Å². The van der Waals surface area contributed by atoms with E-state index in [1.54, 1.807) is 11.6 Å². The van der Waals surface area contributed by atoms with Crippen molar-refractivity contribution in [3.63, 3.8) is 0 Å². The van der Waals surface area contributed by atoms with Crippen LogP contribution in [0.25, 0.3) is 16.6 Å². The molecule has 5 nitrogen and oxygen atoms in total. The van der Waals surface area contributed by atoms with Crippen LogP contribution in [0.1, 0.15) is 29.4 Å². The lowest BCUT2D eigenvalue weighted by molar-refractivity contribution is 0.102. The molecule has 1 N–H and O–H groups in total. The molecule has 4 rings (SSSR count). The van der Waals surface area contributed by atoms with Gasteiger partial charge >= 0.3 is 0 Å². The van der Waals surface area contributed by atoms with E-state index in [2.05, 4.69) is 34.2 Å². The van der Waals surface area contributed by atoms with E-state index in [0.717, 1.165) is 35.2 Å². The summed E-state index contributed by atoms with van der Waals surface area (Å²) in [7, 11) is 0. The number of fused-ring (bicyclic) bond motifs is 1. The van der Waals surface area contributed by atoms with Crippen LogP contribution < -0.4 is 5.32 Å². The number of benzene rings is 2. The third kappa shape index (κ3) is 3.29. The molecule has 2 heterocycles. The number of rotatable bonds is 5. The quantitative estimate of drug-likeness (QED) is 0.491. The van der Waals surface area contributed by atoms with E-state index in [1.165, 1.54) is 0 Å². The Labute approximate surface area is 168 Å². The highest BCUT2D eigenvalue weighted by Gasteiger charge is 2.21. The summed E-state index contributed by atoms with van der Waals surface area (Å²) in [6, 6.07) is 17.5. The molecular formula is C22H21ClN4O. The number of hydrogen-bond acceptors (Lipinski definition) is 2. The maximum atomic E-state index is 12.9. The number of amides is 1. The van der Waals surface area contributed by atoms with E-state index in [0.29, 0.717) is 16.4 Å². The number of anilines is 1. The highest BCUT2D eigenvalue weighted by Crippen LogP contribution is 2.26. The number of carbonyl (C=O) groups is 1. The van der Waals surface area contributed by atoms with E-state index in [1.807, 2.05) is 48.5 Å². The molecule has 0 unspecified atom stereocenters. The molecule has 0 spiro atoms. The third-order valence-corrected chi connectivity index (χ3v) is 5.07. The molecule has 28 heavy (non-hydrogen) atoms. The second-order valence-corrected chi connectivity index (χ2v) is 7.09. The summed E-state index contributed by atoms with van der Waals surface area (Å²) in [5, 5.41) is 8.78. The van der Waals surface area contributed by atoms with Gasteiger partial charge in [-0.2, -0.15) is 5.10 Å². The van der Waals surface area contributed by atoms with Gasteiger partial charge in [0.1, 0.15) is 10.7 Å². The van der Waals surface area contributed by atoms with Gasteiger partial charge in [0.15, 0.2) is 0 Å². The molecule has 2 aromatic heterocycles. The first kappa shape index (κ1) is 18.3. The average molecular weight is 393 g/mol. The summed E-state index contributed by atoms with van der Waals surface area (Å²) >= 11 is 6.49. The molecule has 0 saturated heterocycles. The highest BCUT2D eigenvalue weighted by molar-refractivity contribution is 6.34. The van der Waals surface area contributed by atoms with Gasteiger partial charge in [0, 0.05) is 29.3 Å². The Morgan fingerprint density at radius 2 is 1.93 bits per heavy atom. The van der Waals surface area contributed by atoms with Gasteiger partial charge < -0.3 is 9.88 Å². The van der Waals surface area contributed by atoms with Gasteiger partial charge in [0.25, 0.3) is 5.91 Å². The lowest BCUT2D eigenvalue weighted by Crippen LogP contribution is -2.13. The molecular weight excluding hydrogens is 372 g/mol. The molecule has 1 amide bonds. The molecule has 0 aliphatic rings. The van der Waals surface area contributed by atoms with Gasteiger partial charge in [-0.1, -0.05) is 36.7 Å². The number of aromatic nitrogens is 3. The zero-order chi connectivity index (χ0) is 19.7. The zero-order valence-corrected chi connectivity index (χ0v) is 16.6. The first-order chi connectivity index (χ1) is 13.6. The molecule has 0 fully saturated rings. The Hall–Kier alpha value is -3.05. The summed E-state index contributed by atoms with van der Waals surface area (Å²) in [6.45, 7) is 4.92. The maximum Gasteiger partial charge on any atom is 0.260 e. The zero-order valence-electron chi connectivity index (χ0n) is 15.8. The van der Waals surface area contributed by atoms with Gasteiger partial charge in [-0.25, -0.2) is 4.68 Å². The van der Waals surface area contributed by atoms with Crippen LogP contribution >= 0.6 is 11.6 Å². The van der Waals surface area contributed by atoms with Gasteiger partial charge in [-0.05, 0) is 49.7 Å². The monoisotopic (exact) mass is 392 g/mol. The molecule has 2 aromatic carbocycles. The number of hydrogen-bond donors (Lipinski definition) is 1. The first-order valence-corrected chi connectivity index (χ1v) is 9.67. The van der Waals surface area contributed by atoms with E-state index < -0.39 is 0 Å². The highest BCUT2D eigenvalue weighted by atomic mass is 35.5. The summed E-state index contributed by atoms with van der Waals surface area (Å²) in [4.78, 5) is 12.9. The minimum Gasteiger partial charge on any atom is -0.347 e. The summed E-state index contributed by atoms with van der Waals surface area (Å²) in [5.41, 5.74) is 3.67. The number of nitrogens with one attached hydrogen (secondary N) is 1. The fourth-order valence-electron chi connectivity index (χ4n) is 3.40. The van der Waals surface area contributed by atoms with E-state index in [9.17, 15) is 4.79 Å². The fourth-order valence-corrected chi connectivity index (χ4v) is 3.76. The van der Waals surface area contributed by atoms with Gasteiger partial charge in [0.2, 0.25) is 0 Å². The molecule has 6 heteroatoms. The molecule has 0 bridgehead atoms. The van der Waals surface area contributed by atoms with Crippen LogP contribution in [-0.4, -0.2) is 20.3 Å². The number of carbonyl (C=O) groups excluding carboxylic acids is 1. The Morgan fingerprint density at radius 1 is 1.14 bits per heavy atom. The Bertz CT molecular complexity index is 1140. The topological polar surface area (TPSA) is 51.9 Å². The standard InChI is InChI=1S/C22H21ClN4O/c1-3-12-26-13-11-16-14-17(9-10-19(16)26)24-22(28)20-15(2)25-27(21(20)23)18-7-5-4-6-8-18/h4-11,13-14H,3,12H2,1-2H3,(H,24,28). The van der Waals surface area contributed by atoms with Crippen LogP contribution in [-0.2, 0) is 6.54 Å². The summed E-state index contributed by atoms with van der Waals surface area (Å²) < 4.78 is 3.80. The van der Waals surface area contributed by atoms with Crippen LogP contribution in [0.5, 0.6) is 0 Å². The van der Waals surface area contributed by atoms with Crippen LogP contribution in [0.2, 0.25) is 5.15 Å².